The Morgan fingerprint density at radius 1 is 1.07 bits per heavy atom. The van der Waals surface area contributed by atoms with Crippen molar-refractivity contribution in [2.24, 2.45) is 0 Å². The maximum absolute atomic E-state index is 14.0. The highest BCUT2D eigenvalue weighted by molar-refractivity contribution is 5.92. The van der Waals surface area contributed by atoms with Crippen LogP contribution in [-0.2, 0) is 11.3 Å². The number of para-hydroxylation sites is 1. The van der Waals surface area contributed by atoms with Crippen LogP contribution >= 0.6 is 0 Å². The molecule has 0 saturated carbocycles. The predicted octanol–water partition coefficient (Wildman–Crippen LogP) is 3.83. The lowest BCUT2D eigenvalue weighted by atomic mass is 10.1. The smallest absolute Gasteiger partial charge is 0.246 e. The van der Waals surface area contributed by atoms with E-state index in [0.717, 1.165) is 11.3 Å². The third-order valence-corrected chi connectivity index (χ3v) is 4.07. The van der Waals surface area contributed by atoms with E-state index in [2.05, 4.69) is 0 Å². The lowest BCUT2D eigenvalue weighted by molar-refractivity contribution is -0.126. The van der Waals surface area contributed by atoms with Gasteiger partial charge < -0.3 is 14.5 Å². The Morgan fingerprint density at radius 2 is 1.78 bits per heavy atom. The molecule has 0 atom stereocenters. The van der Waals surface area contributed by atoms with Crippen molar-refractivity contribution >= 4 is 12.0 Å². The summed E-state index contributed by atoms with van der Waals surface area (Å²) in [5.74, 6) is 0.273. The summed E-state index contributed by atoms with van der Waals surface area (Å²) in [5, 5.41) is 0. The highest BCUT2D eigenvalue weighted by Gasteiger charge is 2.14. The summed E-state index contributed by atoms with van der Waals surface area (Å²) in [6.07, 6.45) is 3.27. The van der Waals surface area contributed by atoms with Gasteiger partial charge in [-0.05, 0) is 39.2 Å². The second-order valence-electron chi connectivity index (χ2n) is 6.46. The second kappa shape index (κ2) is 10.5. The maximum Gasteiger partial charge on any atom is 0.246 e. The number of hydrogen-bond donors (Lipinski definition) is 0. The van der Waals surface area contributed by atoms with E-state index in [1.807, 2.05) is 50.2 Å². The molecule has 2 aromatic carbocycles. The van der Waals surface area contributed by atoms with Gasteiger partial charge in [-0.1, -0.05) is 36.4 Å². The van der Waals surface area contributed by atoms with Gasteiger partial charge in [-0.3, -0.25) is 4.79 Å². The second-order valence-corrected chi connectivity index (χ2v) is 6.46. The van der Waals surface area contributed by atoms with Crippen LogP contribution in [0.2, 0.25) is 0 Å². The number of nitrogens with zero attached hydrogens (tertiary/aromatic N) is 2. The zero-order valence-corrected chi connectivity index (χ0v) is 16.2. The van der Waals surface area contributed by atoms with E-state index in [1.165, 1.54) is 12.1 Å². The summed E-state index contributed by atoms with van der Waals surface area (Å²) in [6, 6.07) is 14.1. The van der Waals surface area contributed by atoms with Crippen LogP contribution in [0.15, 0.2) is 54.6 Å². The minimum Gasteiger partial charge on any atom is -0.493 e. The highest BCUT2D eigenvalue weighted by Crippen LogP contribution is 2.19. The molecule has 0 N–H and O–H groups in total. The van der Waals surface area contributed by atoms with Crippen molar-refractivity contribution in [3.8, 4) is 5.75 Å². The Hall–Kier alpha value is -2.66. The van der Waals surface area contributed by atoms with Crippen LogP contribution in [0.1, 0.15) is 18.1 Å². The van der Waals surface area contributed by atoms with Crippen LogP contribution in [0.3, 0.4) is 0 Å². The number of ether oxygens (including phenoxy) is 1. The number of carbonyl (C=O) groups excluding carboxylic acids is 1. The molecular formula is C22H27FN2O2. The normalized spacial score (nSPS) is 11.1. The molecule has 0 unspecified atom stereocenters. The third kappa shape index (κ3) is 6.53. The van der Waals surface area contributed by atoms with Crippen LogP contribution in [0.5, 0.6) is 5.75 Å². The lowest BCUT2D eigenvalue weighted by Crippen LogP contribution is -2.35. The molecular weight excluding hydrogens is 343 g/mol. The van der Waals surface area contributed by atoms with Crippen LogP contribution in [0.4, 0.5) is 4.39 Å². The predicted molar refractivity (Wildman–Crippen MR) is 107 cm³/mol. The third-order valence-electron chi connectivity index (χ3n) is 4.07. The number of halogens is 1. The first-order valence-corrected chi connectivity index (χ1v) is 9.08. The molecule has 0 bridgehead atoms. The Morgan fingerprint density at radius 3 is 2.48 bits per heavy atom. The quantitative estimate of drug-likeness (QED) is 0.629. The molecule has 0 fully saturated rings. The average molecular weight is 370 g/mol. The fourth-order valence-electron chi connectivity index (χ4n) is 2.59. The summed E-state index contributed by atoms with van der Waals surface area (Å²) in [4.78, 5) is 16.4. The first kappa shape index (κ1) is 20.6. The van der Waals surface area contributed by atoms with Crippen molar-refractivity contribution < 1.29 is 13.9 Å². The fraction of sp³-hybridized carbons (Fsp3) is 0.318. The van der Waals surface area contributed by atoms with Crippen LogP contribution in [-0.4, -0.2) is 49.5 Å². The van der Waals surface area contributed by atoms with E-state index in [4.69, 9.17) is 4.74 Å². The number of likely N-dealkylation sites (N-methyl/N-ethyl adjacent to an activating group) is 1. The largest absolute Gasteiger partial charge is 0.493 e. The highest BCUT2D eigenvalue weighted by atomic mass is 19.1. The number of amides is 1. The summed E-state index contributed by atoms with van der Waals surface area (Å²) in [6.45, 7) is 3.92. The van der Waals surface area contributed by atoms with Gasteiger partial charge in [-0.2, -0.15) is 0 Å². The van der Waals surface area contributed by atoms with Gasteiger partial charge in [0.05, 0.1) is 6.61 Å². The van der Waals surface area contributed by atoms with Gasteiger partial charge >= 0.3 is 0 Å². The molecule has 0 saturated heterocycles. The van der Waals surface area contributed by atoms with Crippen molar-refractivity contribution in [2.45, 2.75) is 13.5 Å². The van der Waals surface area contributed by atoms with E-state index in [-0.39, 0.29) is 18.3 Å². The first-order valence-electron chi connectivity index (χ1n) is 9.08. The van der Waals surface area contributed by atoms with E-state index in [9.17, 15) is 9.18 Å². The topological polar surface area (TPSA) is 32.8 Å². The van der Waals surface area contributed by atoms with E-state index < -0.39 is 0 Å². The molecule has 0 aliphatic heterocycles. The van der Waals surface area contributed by atoms with Gasteiger partial charge in [0.15, 0.2) is 0 Å². The minimum absolute atomic E-state index is 0.161. The Kier molecular flexibility index (Phi) is 8.01. The van der Waals surface area contributed by atoms with Crippen molar-refractivity contribution in [1.29, 1.82) is 0 Å². The van der Waals surface area contributed by atoms with Crippen LogP contribution < -0.4 is 4.74 Å². The van der Waals surface area contributed by atoms with Crippen molar-refractivity contribution in [1.82, 2.24) is 9.80 Å². The Labute approximate surface area is 160 Å². The van der Waals surface area contributed by atoms with Crippen molar-refractivity contribution in [2.75, 3.05) is 33.8 Å². The summed E-state index contributed by atoms with van der Waals surface area (Å²) >= 11 is 0. The summed E-state index contributed by atoms with van der Waals surface area (Å²) < 4.78 is 19.6. The maximum atomic E-state index is 14.0. The van der Waals surface area contributed by atoms with E-state index >= 15 is 0 Å². The van der Waals surface area contributed by atoms with Crippen molar-refractivity contribution in [3.63, 3.8) is 0 Å². The molecule has 144 valence electrons. The lowest BCUT2D eigenvalue weighted by Gasteiger charge is -2.23. The molecule has 5 heteroatoms. The first-order chi connectivity index (χ1) is 13.0. The number of carbonyl (C=O) groups is 1. The summed E-state index contributed by atoms with van der Waals surface area (Å²) in [7, 11) is 3.89. The van der Waals surface area contributed by atoms with Crippen LogP contribution in [0, 0.1) is 5.82 Å². The zero-order valence-electron chi connectivity index (χ0n) is 16.2. The molecule has 2 aromatic rings. The SMILES string of the molecule is CCOc1ccccc1/C=C/C(=O)N(CCN(C)C)Cc1ccccc1F. The molecule has 0 spiro atoms. The number of hydrogen-bond acceptors (Lipinski definition) is 3. The van der Waals surface area contributed by atoms with Crippen LogP contribution in [0.25, 0.3) is 6.08 Å². The Bertz CT molecular complexity index is 774. The molecule has 0 heterocycles. The number of benzene rings is 2. The van der Waals surface area contributed by atoms with Gasteiger partial charge in [0.1, 0.15) is 11.6 Å². The molecule has 4 nitrogen and oxygen atoms in total. The van der Waals surface area contributed by atoms with Gasteiger partial charge in [-0.25, -0.2) is 4.39 Å². The minimum atomic E-state index is -0.300. The molecule has 1 amide bonds. The van der Waals surface area contributed by atoms with Gasteiger partial charge in [0.25, 0.3) is 0 Å². The molecule has 0 radical (unpaired) electrons. The number of rotatable bonds is 9. The molecule has 27 heavy (non-hydrogen) atoms. The molecule has 0 aromatic heterocycles. The standard InChI is InChI=1S/C22H27FN2O2/c1-4-27-21-12-8-6-9-18(21)13-14-22(26)25(16-15-24(2)3)17-19-10-5-7-11-20(19)23/h5-14H,4,15-17H2,1-3H3/b14-13+. The molecule has 0 aliphatic carbocycles. The van der Waals surface area contributed by atoms with Gasteiger partial charge in [0.2, 0.25) is 5.91 Å². The van der Waals surface area contributed by atoms with Gasteiger partial charge in [0, 0.05) is 36.8 Å². The molecule has 2 rings (SSSR count). The monoisotopic (exact) mass is 370 g/mol. The van der Waals surface area contributed by atoms with Crippen molar-refractivity contribution in [3.05, 3.63) is 71.6 Å². The summed E-state index contributed by atoms with van der Waals surface area (Å²) in [5.41, 5.74) is 1.35. The average Bonchev–Trinajstić information content (AvgIpc) is 2.65. The van der Waals surface area contributed by atoms with E-state index in [0.29, 0.717) is 25.3 Å². The zero-order chi connectivity index (χ0) is 19.6. The molecule has 0 aliphatic rings. The van der Waals surface area contributed by atoms with E-state index in [1.54, 1.807) is 29.2 Å². The van der Waals surface area contributed by atoms with Gasteiger partial charge in [-0.15, -0.1) is 0 Å². The fourth-order valence-corrected chi connectivity index (χ4v) is 2.59. The Balaban J connectivity index is 2.16.